The van der Waals surface area contributed by atoms with E-state index in [9.17, 15) is 4.57 Å². The van der Waals surface area contributed by atoms with E-state index in [4.69, 9.17) is 9.79 Å². The molecule has 0 amide bonds. The van der Waals surface area contributed by atoms with Gasteiger partial charge in [0.05, 0.1) is 5.66 Å². The van der Waals surface area contributed by atoms with Crippen molar-refractivity contribution in [3.63, 3.8) is 0 Å². The van der Waals surface area contributed by atoms with Gasteiger partial charge in [0.15, 0.2) is 0 Å². The van der Waals surface area contributed by atoms with Crippen LogP contribution >= 0.6 is 7.60 Å². The fourth-order valence-electron chi connectivity index (χ4n) is 0.732. The maximum Gasteiger partial charge on any atom is 0.329 e. The molecular formula is C7H18NO3P. The summed E-state index contributed by atoms with van der Waals surface area (Å²) in [5, 5.41) is 3.00. The van der Waals surface area contributed by atoms with Crippen molar-refractivity contribution in [2.75, 3.05) is 13.1 Å². The van der Waals surface area contributed by atoms with Crippen LogP contribution in [0.15, 0.2) is 0 Å². The minimum absolute atomic E-state index is 0.393. The molecule has 12 heavy (non-hydrogen) atoms. The van der Waals surface area contributed by atoms with Gasteiger partial charge in [0, 0.05) is 6.54 Å². The van der Waals surface area contributed by atoms with E-state index < -0.39 is 13.3 Å². The van der Waals surface area contributed by atoms with Crippen molar-refractivity contribution in [2.45, 2.75) is 32.3 Å². The first-order chi connectivity index (χ1) is 5.48. The van der Waals surface area contributed by atoms with Gasteiger partial charge in [0.25, 0.3) is 0 Å². The highest BCUT2D eigenvalue weighted by Gasteiger charge is 2.22. The lowest BCUT2D eigenvalue weighted by atomic mass is 10.3. The average Bonchev–Trinajstić information content (AvgIpc) is 1.96. The zero-order valence-corrected chi connectivity index (χ0v) is 8.55. The molecular weight excluding hydrogens is 177 g/mol. The summed E-state index contributed by atoms with van der Waals surface area (Å²) in [5.74, 6) is 0. The Morgan fingerprint density at radius 3 is 2.50 bits per heavy atom. The first kappa shape index (κ1) is 12.1. The normalized spacial score (nSPS) is 14.7. The molecule has 0 aliphatic rings. The number of hydrogen-bond acceptors (Lipinski definition) is 2. The maximum atomic E-state index is 10.6. The van der Waals surface area contributed by atoms with Gasteiger partial charge < -0.3 is 15.1 Å². The van der Waals surface area contributed by atoms with Gasteiger partial charge in [-0.3, -0.25) is 4.57 Å². The van der Waals surface area contributed by atoms with E-state index in [1.165, 1.54) is 0 Å². The van der Waals surface area contributed by atoms with Gasteiger partial charge in [0.2, 0.25) is 0 Å². The van der Waals surface area contributed by atoms with E-state index in [1.54, 1.807) is 6.92 Å². The van der Waals surface area contributed by atoms with Gasteiger partial charge in [-0.25, -0.2) is 0 Å². The van der Waals surface area contributed by atoms with Crippen molar-refractivity contribution in [3.05, 3.63) is 0 Å². The minimum Gasteiger partial charge on any atom is -0.324 e. The third-order valence-corrected chi connectivity index (χ3v) is 3.05. The fourth-order valence-corrected chi connectivity index (χ4v) is 1.10. The van der Waals surface area contributed by atoms with Gasteiger partial charge in [-0.15, -0.1) is 0 Å². The van der Waals surface area contributed by atoms with Gasteiger partial charge in [0.1, 0.15) is 0 Å². The molecule has 0 saturated heterocycles. The molecule has 0 fully saturated rings. The molecule has 5 heteroatoms. The molecule has 0 spiro atoms. The Balaban J connectivity index is 3.45. The molecule has 1 atom stereocenters. The molecule has 0 aliphatic heterocycles. The lowest BCUT2D eigenvalue weighted by molar-refractivity contribution is 0.358. The molecule has 74 valence electrons. The summed E-state index contributed by atoms with van der Waals surface area (Å²) < 4.78 is 10.6. The van der Waals surface area contributed by atoms with E-state index in [-0.39, 0.29) is 0 Å². The lowest BCUT2D eigenvalue weighted by Crippen LogP contribution is -2.25. The Labute approximate surface area is 73.5 Å². The van der Waals surface area contributed by atoms with Crippen molar-refractivity contribution in [1.82, 2.24) is 5.32 Å². The summed E-state index contributed by atoms with van der Waals surface area (Å²) in [6.07, 6.45) is 2.14. The molecule has 0 saturated carbocycles. The predicted octanol–water partition coefficient (Wildman–Crippen LogP) is 0.942. The fraction of sp³-hybridized carbons (Fsp3) is 1.00. The first-order valence-corrected chi connectivity index (χ1v) is 5.92. The van der Waals surface area contributed by atoms with Crippen molar-refractivity contribution < 1.29 is 14.4 Å². The smallest absolute Gasteiger partial charge is 0.324 e. The van der Waals surface area contributed by atoms with Crippen LogP contribution in [0.2, 0.25) is 0 Å². The first-order valence-electron chi connectivity index (χ1n) is 4.24. The summed E-state index contributed by atoms with van der Waals surface area (Å²) in [5.41, 5.74) is -0.575. The highest BCUT2D eigenvalue weighted by atomic mass is 31.2. The lowest BCUT2D eigenvalue weighted by Gasteiger charge is -2.13. The quantitative estimate of drug-likeness (QED) is 0.436. The zero-order valence-electron chi connectivity index (χ0n) is 7.66. The second-order valence-corrected chi connectivity index (χ2v) is 5.06. The summed E-state index contributed by atoms with van der Waals surface area (Å²) in [6, 6.07) is 0. The van der Waals surface area contributed by atoms with Gasteiger partial charge in [-0.05, 0) is 19.9 Å². The van der Waals surface area contributed by atoms with Crippen molar-refractivity contribution >= 4 is 7.60 Å². The molecule has 0 heterocycles. The summed E-state index contributed by atoms with van der Waals surface area (Å²) >= 11 is 0. The molecule has 4 nitrogen and oxygen atoms in total. The van der Waals surface area contributed by atoms with Gasteiger partial charge in [-0.1, -0.05) is 13.3 Å². The van der Waals surface area contributed by atoms with E-state index >= 15 is 0 Å². The molecule has 1 unspecified atom stereocenters. The number of hydrogen-bond donors (Lipinski definition) is 3. The maximum absolute atomic E-state index is 10.6. The summed E-state index contributed by atoms with van der Waals surface area (Å²) in [7, 11) is -3.87. The molecule has 0 rings (SSSR count). The monoisotopic (exact) mass is 195 g/mol. The van der Waals surface area contributed by atoms with Crippen LogP contribution in [0.4, 0.5) is 0 Å². The third-order valence-electron chi connectivity index (χ3n) is 1.72. The van der Waals surface area contributed by atoms with Crippen LogP contribution in [0, 0.1) is 0 Å². The minimum atomic E-state index is -3.87. The Bertz CT molecular complexity index is 157. The Morgan fingerprint density at radius 2 is 2.08 bits per heavy atom. The second-order valence-electron chi connectivity index (χ2n) is 3.00. The molecule has 0 aromatic rings. The van der Waals surface area contributed by atoms with E-state index in [1.807, 2.05) is 0 Å². The van der Waals surface area contributed by atoms with Crippen molar-refractivity contribution in [3.8, 4) is 0 Å². The van der Waals surface area contributed by atoms with E-state index in [2.05, 4.69) is 12.2 Å². The zero-order chi connectivity index (χ0) is 9.61. The van der Waals surface area contributed by atoms with Crippen LogP contribution in [0.1, 0.15) is 26.7 Å². The van der Waals surface area contributed by atoms with Crippen LogP contribution in [0.5, 0.6) is 0 Å². The second kappa shape index (κ2) is 5.70. The standard InChI is InChI=1S/C7H18NO3P/c1-3-4-5-8-6-7(2)12(9,10)11/h7-8H,3-6H2,1-2H3,(H2,9,10,11). The van der Waals surface area contributed by atoms with E-state index in [0.29, 0.717) is 6.54 Å². The average molecular weight is 195 g/mol. The number of unbranched alkanes of at least 4 members (excludes halogenated alkanes) is 1. The topological polar surface area (TPSA) is 69.6 Å². The Hall–Kier alpha value is 0.110. The molecule has 0 aliphatic carbocycles. The Morgan fingerprint density at radius 1 is 1.50 bits per heavy atom. The number of nitrogens with one attached hydrogen (secondary N) is 1. The van der Waals surface area contributed by atoms with Crippen LogP contribution < -0.4 is 5.32 Å². The largest absolute Gasteiger partial charge is 0.329 e. The van der Waals surface area contributed by atoms with Crippen molar-refractivity contribution in [1.29, 1.82) is 0 Å². The van der Waals surface area contributed by atoms with Crippen molar-refractivity contribution in [2.24, 2.45) is 0 Å². The SMILES string of the molecule is CCCCNCC(C)P(=O)(O)O. The predicted molar refractivity (Wildman–Crippen MR) is 49.3 cm³/mol. The van der Waals surface area contributed by atoms with E-state index in [0.717, 1.165) is 19.4 Å². The van der Waals surface area contributed by atoms with Crippen LogP contribution in [-0.4, -0.2) is 28.5 Å². The molecule has 0 aromatic heterocycles. The number of rotatable bonds is 6. The van der Waals surface area contributed by atoms with Gasteiger partial charge in [-0.2, -0.15) is 0 Å². The third kappa shape index (κ3) is 5.72. The summed E-state index contributed by atoms with van der Waals surface area (Å²) in [4.78, 5) is 17.4. The highest BCUT2D eigenvalue weighted by Crippen LogP contribution is 2.40. The highest BCUT2D eigenvalue weighted by molar-refractivity contribution is 7.52. The van der Waals surface area contributed by atoms with Gasteiger partial charge >= 0.3 is 7.60 Å². The van der Waals surface area contributed by atoms with Crippen LogP contribution in [-0.2, 0) is 4.57 Å². The summed E-state index contributed by atoms with van der Waals surface area (Å²) in [6.45, 7) is 4.86. The van der Waals surface area contributed by atoms with Crippen LogP contribution in [0.25, 0.3) is 0 Å². The van der Waals surface area contributed by atoms with Crippen LogP contribution in [0.3, 0.4) is 0 Å². The molecule has 3 N–H and O–H groups in total. The molecule has 0 bridgehead atoms. The molecule has 0 aromatic carbocycles. The Kier molecular flexibility index (Phi) is 5.76. The molecule has 0 radical (unpaired) electrons.